The quantitative estimate of drug-likeness (QED) is 0.270. The van der Waals surface area contributed by atoms with Crippen molar-refractivity contribution in [1.29, 1.82) is 0 Å². The van der Waals surface area contributed by atoms with E-state index in [9.17, 15) is 18.9 Å². The zero-order valence-electron chi connectivity index (χ0n) is 27.2. The Labute approximate surface area is 264 Å². The second kappa shape index (κ2) is 13.5. The molecule has 13 nitrogen and oxygen atoms in total. The van der Waals surface area contributed by atoms with Crippen LogP contribution in [-0.2, 0) is 27.7 Å². The van der Waals surface area contributed by atoms with E-state index in [1.54, 1.807) is 75.6 Å². The summed E-state index contributed by atoms with van der Waals surface area (Å²) in [7, 11) is -1.24. The molecular weight excluding hydrogens is 603 g/mol. The van der Waals surface area contributed by atoms with Crippen LogP contribution in [0.5, 0.6) is 11.6 Å². The van der Waals surface area contributed by atoms with E-state index in [4.69, 9.17) is 23.0 Å². The molecule has 4 rings (SSSR count). The molecule has 0 radical (unpaired) electrons. The molecule has 1 atom stereocenters. The highest BCUT2D eigenvalue weighted by Crippen LogP contribution is 2.56. The summed E-state index contributed by atoms with van der Waals surface area (Å²) in [5.74, 6) is -1.95. The molecule has 1 aromatic heterocycles. The molecule has 246 valence electrons. The van der Waals surface area contributed by atoms with Crippen molar-refractivity contribution in [2.45, 2.75) is 58.7 Å². The first kappa shape index (κ1) is 34.4. The zero-order valence-corrected chi connectivity index (χ0v) is 28.1. The summed E-state index contributed by atoms with van der Waals surface area (Å²) < 4.78 is 42.2. The van der Waals surface area contributed by atoms with Gasteiger partial charge in [0.2, 0.25) is 11.7 Å². The van der Waals surface area contributed by atoms with Gasteiger partial charge >= 0.3 is 7.82 Å². The van der Waals surface area contributed by atoms with Crippen LogP contribution in [0.3, 0.4) is 0 Å². The highest BCUT2D eigenvalue weighted by molar-refractivity contribution is 7.48. The molecular formula is C31H43N4O9P. The number of aromatic nitrogens is 1. The number of Topliss-reactive ketones (excluding diaryl/α,β-unsaturated/α-hetero) is 1. The second-order valence-corrected chi connectivity index (χ2v) is 14.3. The lowest BCUT2D eigenvalue weighted by atomic mass is 9.95. The number of rotatable bonds is 10. The Morgan fingerprint density at radius 1 is 0.889 bits per heavy atom. The van der Waals surface area contributed by atoms with Crippen molar-refractivity contribution in [1.82, 2.24) is 14.8 Å². The maximum absolute atomic E-state index is 13.9. The molecule has 2 aliphatic rings. The number of amides is 2. The van der Waals surface area contributed by atoms with Crippen molar-refractivity contribution < 1.29 is 42.0 Å². The molecule has 0 bridgehead atoms. The van der Waals surface area contributed by atoms with Crippen molar-refractivity contribution >= 4 is 31.1 Å². The molecule has 2 amide bonds. The summed E-state index contributed by atoms with van der Waals surface area (Å²) in [6, 6.07) is 8.93. The molecule has 1 aromatic carbocycles. The highest BCUT2D eigenvalue weighted by atomic mass is 31.2. The standard InChI is InChI=1S/C31H43N4O9P/c1-30(2,3)43-45(39,44-31(4,5)6)42-20-35-19-22(24-23(40-7)18-32-27(41-8)25(24)35)26(36)29(38)34-16-14-33(15-17-34)28(37)21-12-10-9-11-13-21/h9-13,18,22H,14-17,19-20H2,1-8H3. The van der Waals surface area contributed by atoms with Gasteiger partial charge in [-0.2, -0.15) is 0 Å². The molecule has 45 heavy (non-hydrogen) atoms. The Morgan fingerprint density at radius 2 is 1.47 bits per heavy atom. The largest absolute Gasteiger partial charge is 0.495 e. The van der Waals surface area contributed by atoms with Gasteiger partial charge in [-0.1, -0.05) is 18.2 Å². The van der Waals surface area contributed by atoms with Gasteiger partial charge in [-0.25, -0.2) is 9.55 Å². The van der Waals surface area contributed by atoms with Gasteiger partial charge in [-0.05, 0) is 53.7 Å². The van der Waals surface area contributed by atoms with Crippen LogP contribution in [0.4, 0.5) is 5.69 Å². The van der Waals surface area contributed by atoms with E-state index in [1.807, 2.05) is 6.07 Å². The number of carbonyl (C=O) groups is 3. The molecule has 0 saturated carbocycles. The molecule has 0 aliphatic carbocycles. The number of hydrogen-bond donors (Lipinski definition) is 0. The third kappa shape index (κ3) is 8.21. The summed E-state index contributed by atoms with van der Waals surface area (Å²) in [5.41, 5.74) is -0.357. The number of anilines is 1. The smallest absolute Gasteiger partial charge is 0.477 e. The second-order valence-electron chi connectivity index (χ2n) is 12.8. The van der Waals surface area contributed by atoms with Crippen molar-refractivity contribution in [3.8, 4) is 11.6 Å². The Kier molecular flexibility index (Phi) is 10.3. The maximum atomic E-state index is 13.9. The minimum atomic E-state index is -4.12. The number of pyridine rings is 1. The van der Waals surface area contributed by atoms with Crippen molar-refractivity contribution in [3.63, 3.8) is 0 Å². The van der Waals surface area contributed by atoms with E-state index >= 15 is 0 Å². The van der Waals surface area contributed by atoms with Crippen LogP contribution in [0.2, 0.25) is 0 Å². The van der Waals surface area contributed by atoms with Crippen LogP contribution in [0, 0.1) is 0 Å². The van der Waals surface area contributed by atoms with Crippen LogP contribution in [-0.4, -0.2) is 97.3 Å². The fourth-order valence-electron chi connectivity index (χ4n) is 5.23. The zero-order chi connectivity index (χ0) is 33.2. The van der Waals surface area contributed by atoms with Gasteiger partial charge in [0, 0.05) is 43.9 Å². The number of nitrogens with zero attached hydrogens (tertiary/aromatic N) is 4. The van der Waals surface area contributed by atoms with Gasteiger partial charge in [0.25, 0.3) is 11.8 Å². The molecule has 1 unspecified atom stereocenters. The number of fused-ring (bicyclic) bond motifs is 1. The average molecular weight is 647 g/mol. The normalized spacial score (nSPS) is 17.2. The van der Waals surface area contributed by atoms with Crippen LogP contribution in [0.25, 0.3) is 0 Å². The Balaban J connectivity index is 1.55. The number of phosphoric acid groups is 1. The molecule has 0 N–H and O–H groups in total. The van der Waals surface area contributed by atoms with Gasteiger partial charge in [0.1, 0.15) is 18.2 Å². The van der Waals surface area contributed by atoms with E-state index in [-0.39, 0.29) is 43.9 Å². The van der Waals surface area contributed by atoms with Crippen LogP contribution in [0.1, 0.15) is 63.4 Å². The van der Waals surface area contributed by atoms with Gasteiger partial charge < -0.3 is 24.2 Å². The van der Waals surface area contributed by atoms with E-state index in [1.165, 1.54) is 25.3 Å². The fourth-order valence-corrected chi connectivity index (χ4v) is 7.00. The van der Waals surface area contributed by atoms with E-state index in [0.717, 1.165) is 0 Å². The summed E-state index contributed by atoms with van der Waals surface area (Å²) in [6.45, 7) is 11.1. The summed E-state index contributed by atoms with van der Waals surface area (Å²) in [4.78, 5) is 49.4. The van der Waals surface area contributed by atoms with E-state index in [0.29, 0.717) is 29.9 Å². The Morgan fingerprint density at radius 3 is 2.00 bits per heavy atom. The summed E-state index contributed by atoms with van der Waals surface area (Å²) >= 11 is 0. The lowest BCUT2D eigenvalue weighted by molar-refractivity contribution is -0.146. The summed E-state index contributed by atoms with van der Waals surface area (Å²) in [5, 5.41) is 0. The Bertz CT molecular complexity index is 1430. The molecule has 3 heterocycles. The fraction of sp³-hybridized carbons (Fsp3) is 0.548. The number of piperazine rings is 1. The third-order valence-electron chi connectivity index (χ3n) is 7.05. The van der Waals surface area contributed by atoms with Crippen molar-refractivity contribution in [2.75, 3.05) is 58.6 Å². The van der Waals surface area contributed by atoms with Crippen molar-refractivity contribution in [2.24, 2.45) is 0 Å². The topological polar surface area (TPSA) is 137 Å². The molecule has 14 heteroatoms. The first-order valence-corrected chi connectivity index (χ1v) is 16.2. The van der Waals surface area contributed by atoms with Crippen molar-refractivity contribution in [3.05, 3.63) is 47.7 Å². The average Bonchev–Trinajstić information content (AvgIpc) is 3.37. The third-order valence-corrected chi connectivity index (χ3v) is 9.02. The van der Waals surface area contributed by atoms with Gasteiger partial charge in [0.05, 0.1) is 37.5 Å². The monoisotopic (exact) mass is 646 g/mol. The number of ketones is 1. The van der Waals surface area contributed by atoms with Gasteiger partial charge in [-0.15, -0.1) is 0 Å². The van der Waals surface area contributed by atoms with Crippen LogP contribution < -0.4 is 14.4 Å². The van der Waals surface area contributed by atoms with E-state index < -0.39 is 36.6 Å². The highest BCUT2D eigenvalue weighted by Gasteiger charge is 2.45. The number of hydrogen-bond acceptors (Lipinski definition) is 11. The number of carbonyl (C=O) groups excluding carboxylic acids is 3. The first-order valence-electron chi connectivity index (χ1n) is 14.7. The van der Waals surface area contributed by atoms with Gasteiger partial charge in [-0.3, -0.25) is 28.0 Å². The first-order chi connectivity index (χ1) is 21.1. The lowest BCUT2D eigenvalue weighted by Gasteiger charge is -2.35. The number of benzene rings is 1. The number of ether oxygens (including phenoxy) is 2. The van der Waals surface area contributed by atoms with E-state index in [2.05, 4.69) is 4.98 Å². The summed E-state index contributed by atoms with van der Waals surface area (Å²) in [6.07, 6.45) is 1.43. The van der Waals surface area contributed by atoms with Crippen LogP contribution in [0.15, 0.2) is 36.5 Å². The lowest BCUT2D eigenvalue weighted by Crippen LogP contribution is -2.52. The van der Waals surface area contributed by atoms with Gasteiger partial charge in [0.15, 0.2) is 0 Å². The predicted molar refractivity (Wildman–Crippen MR) is 167 cm³/mol. The number of methoxy groups -OCH3 is 2. The Hall–Kier alpha value is -3.51. The number of phosphoric ester groups is 1. The maximum Gasteiger partial charge on any atom is 0.477 e. The molecule has 2 aliphatic heterocycles. The minimum absolute atomic E-state index is 0.00415. The molecule has 2 aromatic rings. The molecule has 1 fully saturated rings. The SMILES string of the molecule is COc1cnc(OC)c2c1C(C(=O)C(=O)N1CCN(C(=O)c3ccccc3)CC1)CN2COP(=O)(OC(C)(C)C)OC(C)(C)C. The van der Waals surface area contributed by atoms with Crippen LogP contribution >= 0.6 is 7.82 Å². The molecule has 1 saturated heterocycles. The minimum Gasteiger partial charge on any atom is -0.495 e. The predicted octanol–water partition coefficient (Wildman–Crippen LogP) is 4.27. The molecule has 0 spiro atoms.